The van der Waals surface area contributed by atoms with Crippen molar-refractivity contribution < 1.29 is 4.79 Å². The van der Waals surface area contributed by atoms with E-state index in [0.29, 0.717) is 5.13 Å². The molecule has 0 fully saturated rings. The summed E-state index contributed by atoms with van der Waals surface area (Å²) in [5.74, 6) is -0.450. The Balaban J connectivity index is 2.11. The van der Waals surface area contributed by atoms with Gasteiger partial charge in [-0.3, -0.25) is 4.79 Å². The smallest absolute Gasteiger partial charge is 0.234 e. The van der Waals surface area contributed by atoms with E-state index in [9.17, 15) is 4.79 Å². The van der Waals surface area contributed by atoms with Gasteiger partial charge in [-0.1, -0.05) is 30.3 Å². The zero-order chi connectivity index (χ0) is 12.1. The summed E-state index contributed by atoms with van der Waals surface area (Å²) in [4.78, 5) is 16.0. The number of carbonyl (C=O) groups is 1. The van der Waals surface area contributed by atoms with E-state index in [1.54, 1.807) is 6.20 Å². The molecular weight excluding hydrogens is 234 g/mol. The second kappa shape index (κ2) is 5.56. The van der Waals surface area contributed by atoms with Gasteiger partial charge < -0.3 is 11.1 Å². The van der Waals surface area contributed by atoms with Gasteiger partial charge in [-0.25, -0.2) is 4.98 Å². The molecule has 1 aromatic carbocycles. The molecule has 0 aliphatic carbocycles. The van der Waals surface area contributed by atoms with Crippen LogP contribution >= 0.6 is 11.3 Å². The number of benzene rings is 1. The van der Waals surface area contributed by atoms with Crippen molar-refractivity contribution in [2.24, 2.45) is 5.73 Å². The first-order chi connectivity index (χ1) is 8.31. The van der Waals surface area contributed by atoms with Crippen LogP contribution in [0.25, 0.3) is 0 Å². The van der Waals surface area contributed by atoms with Crippen LogP contribution in [-0.4, -0.2) is 17.4 Å². The first kappa shape index (κ1) is 11.8. The normalized spacial score (nSPS) is 12.1. The number of amides is 1. The average molecular weight is 247 g/mol. The summed E-state index contributed by atoms with van der Waals surface area (Å²) in [6, 6.07) is 9.51. The van der Waals surface area contributed by atoms with Crippen molar-refractivity contribution in [2.45, 2.75) is 5.92 Å². The number of anilines is 1. The van der Waals surface area contributed by atoms with Crippen LogP contribution in [0.3, 0.4) is 0 Å². The minimum atomic E-state index is -0.333. The molecule has 0 saturated heterocycles. The molecule has 1 heterocycles. The molecule has 1 aromatic heterocycles. The molecule has 4 nitrogen and oxygen atoms in total. The predicted molar refractivity (Wildman–Crippen MR) is 69.0 cm³/mol. The Bertz CT molecular complexity index is 470. The largest absolute Gasteiger partial charge is 0.329 e. The molecule has 0 bridgehead atoms. The number of thiazole rings is 1. The molecule has 1 amide bonds. The molecule has 0 aliphatic heterocycles. The van der Waals surface area contributed by atoms with Gasteiger partial charge in [0.2, 0.25) is 5.91 Å². The Morgan fingerprint density at radius 1 is 1.41 bits per heavy atom. The molecule has 3 N–H and O–H groups in total. The van der Waals surface area contributed by atoms with Crippen molar-refractivity contribution in [2.75, 3.05) is 11.9 Å². The second-order valence-electron chi connectivity index (χ2n) is 3.53. The van der Waals surface area contributed by atoms with Crippen LogP contribution in [0.5, 0.6) is 0 Å². The lowest BCUT2D eigenvalue weighted by molar-refractivity contribution is -0.117. The minimum Gasteiger partial charge on any atom is -0.329 e. The monoisotopic (exact) mass is 247 g/mol. The van der Waals surface area contributed by atoms with Crippen LogP contribution in [0.15, 0.2) is 41.9 Å². The van der Waals surface area contributed by atoms with Gasteiger partial charge in [0, 0.05) is 18.1 Å². The lowest BCUT2D eigenvalue weighted by Gasteiger charge is -2.13. The summed E-state index contributed by atoms with van der Waals surface area (Å²) >= 11 is 1.39. The molecule has 2 rings (SSSR count). The standard InChI is InChI=1S/C12H13N3OS/c13-8-10(9-4-2-1-3-5-9)11(16)15-12-14-6-7-17-12/h1-7,10H,8,13H2,(H,14,15,16). The maximum Gasteiger partial charge on any atom is 0.234 e. The van der Waals surface area contributed by atoms with Gasteiger partial charge in [-0.15, -0.1) is 11.3 Å². The van der Waals surface area contributed by atoms with E-state index in [2.05, 4.69) is 10.3 Å². The molecule has 0 radical (unpaired) electrons. The highest BCUT2D eigenvalue weighted by atomic mass is 32.1. The third kappa shape index (κ3) is 2.89. The number of nitrogens with one attached hydrogen (secondary N) is 1. The van der Waals surface area contributed by atoms with Crippen LogP contribution in [-0.2, 0) is 4.79 Å². The lowest BCUT2D eigenvalue weighted by Crippen LogP contribution is -2.27. The first-order valence-corrected chi connectivity index (χ1v) is 6.14. The number of rotatable bonds is 4. The zero-order valence-corrected chi connectivity index (χ0v) is 9.98. The molecule has 1 unspecified atom stereocenters. The quantitative estimate of drug-likeness (QED) is 0.866. The maximum atomic E-state index is 12.0. The predicted octanol–water partition coefficient (Wildman–Crippen LogP) is 1.82. The Labute approximate surface area is 103 Å². The van der Waals surface area contributed by atoms with Gasteiger partial charge in [0.15, 0.2) is 5.13 Å². The van der Waals surface area contributed by atoms with E-state index < -0.39 is 0 Å². The SMILES string of the molecule is NCC(C(=O)Nc1nccs1)c1ccccc1. The first-order valence-electron chi connectivity index (χ1n) is 5.26. The molecule has 17 heavy (non-hydrogen) atoms. The van der Waals surface area contributed by atoms with Gasteiger partial charge in [0.25, 0.3) is 0 Å². The summed E-state index contributed by atoms with van der Waals surface area (Å²) in [5, 5.41) is 5.18. The van der Waals surface area contributed by atoms with Gasteiger partial charge in [0.05, 0.1) is 5.92 Å². The van der Waals surface area contributed by atoms with Gasteiger partial charge >= 0.3 is 0 Å². The van der Waals surface area contributed by atoms with Crippen molar-refractivity contribution in [3.63, 3.8) is 0 Å². The molecule has 0 spiro atoms. The lowest BCUT2D eigenvalue weighted by atomic mass is 9.99. The molecule has 88 valence electrons. The summed E-state index contributed by atoms with van der Waals surface area (Å²) in [6.07, 6.45) is 1.65. The van der Waals surface area contributed by atoms with E-state index in [0.717, 1.165) is 5.56 Å². The van der Waals surface area contributed by atoms with Gasteiger partial charge in [-0.2, -0.15) is 0 Å². The molecular formula is C12H13N3OS. The molecule has 5 heteroatoms. The van der Waals surface area contributed by atoms with Crippen LogP contribution in [0.1, 0.15) is 11.5 Å². The maximum absolute atomic E-state index is 12.0. The summed E-state index contributed by atoms with van der Waals surface area (Å²) in [7, 11) is 0. The van der Waals surface area contributed by atoms with Gasteiger partial charge in [-0.05, 0) is 5.56 Å². The van der Waals surface area contributed by atoms with Crippen LogP contribution < -0.4 is 11.1 Å². The number of hydrogen-bond donors (Lipinski definition) is 2. The van der Waals surface area contributed by atoms with Crippen molar-refractivity contribution >= 4 is 22.4 Å². The van der Waals surface area contributed by atoms with Crippen LogP contribution in [0.2, 0.25) is 0 Å². The Hall–Kier alpha value is -1.72. The van der Waals surface area contributed by atoms with Crippen molar-refractivity contribution in [1.82, 2.24) is 4.98 Å². The molecule has 1 atom stereocenters. The highest BCUT2D eigenvalue weighted by molar-refractivity contribution is 7.13. The van der Waals surface area contributed by atoms with E-state index in [1.165, 1.54) is 11.3 Å². The van der Waals surface area contributed by atoms with Crippen molar-refractivity contribution in [3.8, 4) is 0 Å². The highest BCUT2D eigenvalue weighted by Gasteiger charge is 2.19. The van der Waals surface area contributed by atoms with Crippen molar-refractivity contribution in [3.05, 3.63) is 47.5 Å². The van der Waals surface area contributed by atoms with E-state index in [1.807, 2.05) is 35.7 Å². The van der Waals surface area contributed by atoms with Crippen LogP contribution in [0.4, 0.5) is 5.13 Å². The molecule has 0 aliphatic rings. The fraction of sp³-hybridized carbons (Fsp3) is 0.167. The fourth-order valence-electron chi connectivity index (χ4n) is 1.56. The van der Waals surface area contributed by atoms with E-state index >= 15 is 0 Å². The third-order valence-electron chi connectivity index (χ3n) is 2.42. The third-order valence-corrected chi connectivity index (χ3v) is 3.11. The Morgan fingerprint density at radius 2 is 2.18 bits per heavy atom. The number of hydrogen-bond acceptors (Lipinski definition) is 4. The van der Waals surface area contributed by atoms with Gasteiger partial charge in [0.1, 0.15) is 0 Å². The molecule has 2 aromatic rings. The van der Waals surface area contributed by atoms with E-state index in [4.69, 9.17) is 5.73 Å². The fourth-order valence-corrected chi connectivity index (χ4v) is 2.09. The average Bonchev–Trinajstić information content (AvgIpc) is 2.84. The highest BCUT2D eigenvalue weighted by Crippen LogP contribution is 2.18. The summed E-state index contributed by atoms with van der Waals surface area (Å²) in [5.41, 5.74) is 6.58. The molecule has 0 saturated carbocycles. The second-order valence-corrected chi connectivity index (χ2v) is 4.42. The van der Waals surface area contributed by atoms with Crippen LogP contribution in [0, 0.1) is 0 Å². The van der Waals surface area contributed by atoms with E-state index in [-0.39, 0.29) is 18.4 Å². The number of carbonyl (C=O) groups excluding carboxylic acids is 1. The zero-order valence-electron chi connectivity index (χ0n) is 9.17. The number of nitrogens with two attached hydrogens (primary N) is 1. The Kier molecular flexibility index (Phi) is 3.85. The Morgan fingerprint density at radius 3 is 2.76 bits per heavy atom. The number of aromatic nitrogens is 1. The summed E-state index contributed by atoms with van der Waals surface area (Å²) < 4.78 is 0. The minimum absolute atomic E-state index is 0.117. The van der Waals surface area contributed by atoms with Crippen molar-refractivity contribution in [1.29, 1.82) is 0 Å². The number of nitrogens with zero attached hydrogens (tertiary/aromatic N) is 1. The summed E-state index contributed by atoms with van der Waals surface area (Å²) in [6.45, 7) is 0.279. The topological polar surface area (TPSA) is 68.0 Å².